The molecule has 0 aliphatic carbocycles. The van der Waals surface area contributed by atoms with E-state index in [9.17, 15) is 14.7 Å². The Balaban J connectivity index is 1.43. The Bertz CT molecular complexity index is 689. The van der Waals surface area contributed by atoms with Crippen LogP contribution < -0.4 is 4.90 Å². The number of halogens is 1. The van der Waals surface area contributed by atoms with E-state index in [2.05, 4.69) is 4.90 Å². The third kappa shape index (κ3) is 2.87. The largest absolute Gasteiger partial charge is 0.481 e. The molecule has 0 spiro atoms. The number of carbonyl (C=O) groups is 2. The van der Waals surface area contributed by atoms with Gasteiger partial charge >= 0.3 is 5.97 Å². The number of fused-ring (bicyclic) bond motifs is 2. The Labute approximate surface area is 151 Å². The van der Waals surface area contributed by atoms with Gasteiger partial charge in [0.15, 0.2) is 0 Å². The molecule has 3 aliphatic heterocycles. The van der Waals surface area contributed by atoms with Crippen LogP contribution in [0.15, 0.2) is 24.3 Å². The molecule has 0 saturated carbocycles. The number of piperazine rings is 1. The molecule has 1 N–H and O–H groups in total. The summed E-state index contributed by atoms with van der Waals surface area (Å²) in [5.74, 6) is -2.23. The molecule has 1 aromatic carbocycles. The molecule has 4 rings (SSSR count). The normalized spacial score (nSPS) is 31.4. The van der Waals surface area contributed by atoms with Gasteiger partial charge in [0, 0.05) is 26.2 Å². The molecule has 6 nitrogen and oxygen atoms in total. The van der Waals surface area contributed by atoms with Crippen molar-refractivity contribution in [3.63, 3.8) is 0 Å². The summed E-state index contributed by atoms with van der Waals surface area (Å²) >= 11 is 6.25. The van der Waals surface area contributed by atoms with Crippen LogP contribution in [-0.4, -0.2) is 60.3 Å². The van der Waals surface area contributed by atoms with Crippen LogP contribution in [0.25, 0.3) is 0 Å². The highest BCUT2D eigenvalue weighted by Gasteiger charge is 2.56. The Kier molecular flexibility index (Phi) is 4.33. The molecule has 3 saturated heterocycles. The molecule has 0 aromatic heterocycles. The minimum atomic E-state index is -0.916. The third-order valence-corrected chi connectivity index (χ3v) is 5.95. The van der Waals surface area contributed by atoms with E-state index in [-0.39, 0.29) is 18.1 Å². The third-order valence-electron chi connectivity index (χ3n) is 5.63. The number of ether oxygens (including phenoxy) is 1. The Morgan fingerprint density at radius 3 is 2.32 bits per heavy atom. The fourth-order valence-corrected chi connectivity index (χ4v) is 4.65. The molecule has 4 atom stereocenters. The van der Waals surface area contributed by atoms with Crippen molar-refractivity contribution in [1.29, 1.82) is 0 Å². The average Bonchev–Trinajstić information content (AvgIpc) is 3.23. The average molecular weight is 365 g/mol. The zero-order valence-corrected chi connectivity index (χ0v) is 14.6. The van der Waals surface area contributed by atoms with Gasteiger partial charge in [-0.15, -0.1) is 0 Å². The second kappa shape index (κ2) is 6.50. The molecule has 1 amide bonds. The van der Waals surface area contributed by atoms with Crippen molar-refractivity contribution in [3.8, 4) is 0 Å². The number of aliphatic carboxylic acids is 1. The van der Waals surface area contributed by atoms with Gasteiger partial charge in [-0.2, -0.15) is 0 Å². The maximum Gasteiger partial charge on any atom is 0.310 e. The smallest absolute Gasteiger partial charge is 0.310 e. The number of amides is 1. The number of nitrogens with zero attached hydrogens (tertiary/aromatic N) is 2. The highest BCUT2D eigenvalue weighted by Crippen LogP contribution is 2.44. The van der Waals surface area contributed by atoms with E-state index in [0.29, 0.717) is 31.2 Å². The van der Waals surface area contributed by atoms with E-state index in [4.69, 9.17) is 16.3 Å². The minimum absolute atomic E-state index is 0.0709. The van der Waals surface area contributed by atoms with Gasteiger partial charge in [-0.3, -0.25) is 9.59 Å². The summed E-state index contributed by atoms with van der Waals surface area (Å²) in [5, 5.41) is 10.2. The first-order chi connectivity index (χ1) is 12.1. The lowest BCUT2D eigenvalue weighted by atomic mass is 9.78. The van der Waals surface area contributed by atoms with Crippen LogP contribution in [0, 0.1) is 11.8 Å². The summed E-state index contributed by atoms with van der Waals surface area (Å²) in [6.07, 6.45) is 0.983. The van der Waals surface area contributed by atoms with Gasteiger partial charge in [0.25, 0.3) is 0 Å². The molecule has 3 fully saturated rings. The van der Waals surface area contributed by atoms with Crippen molar-refractivity contribution >= 4 is 29.2 Å². The summed E-state index contributed by atoms with van der Waals surface area (Å²) in [5.41, 5.74) is 0.975. The molecule has 25 heavy (non-hydrogen) atoms. The van der Waals surface area contributed by atoms with E-state index in [1.165, 1.54) is 0 Å². The first-order valence-corrected chi connectivity index (χ1v) is 9.10. The minimum Gasteiger partial charge on any atom is -0.481 e. The van der Waals surface area contributed by atoms with Gasteiger partial charge in [-0.25, -0.2) is 0 Å². The molecule has 1 aromatic rings. The Morgan fingerprint density at radius 1 is 1.04 bits per heavy atom. The fraction of sp³-hybridized carbons (Fsp3) is 0.556. The monoisotopic (exact) mass is 364 g/mol. The van der Waals surface area contributed by atoms with E-state index in [1.807, 2.05) is 24.3 Å². The molecule has 3 heterocycles. The first kappa shape index (κ1) is 16.7. The SMILES string of the molecule is O=C(O)[C@H]1[C@H](C(=O)N2CCN(c3ccccc3Cl)CC2)[C@H]2CC[C@H]1O2. The molecule has 0 radical (unpaired) electrons. The zero-order valence-electron chi connectivity index (χ0n) is 13.8. The summed E-state index contributed by atoms with van der Waals surface area (Å²) < 4.78 is 5.72. The lowest BCUT2D eigenvalue weighted by Gasteiger charge is -2.38. The fourth-order valence-electron chi connectivity index (χ4n) is 4.39. The van der Waals surface area contributed by atoms with Gasteiger partial charge in [0.2, 0.25) is 5.91 Å². The van der Waals surface area contributed by atoms with E-state index in [0.717, 1.165) is 18.5 Å². The molecular weight excluding hydrogens is 344 g/mol. The molecule has 2 bridgehead atoms. The first-order valence-electron chi connectivity index (χ1n) is 8.73. The summed E-state index contributed by atoms with van der Waals surface area (Å²) in [7, 11) is 0. The standard InChI is InChI=1S/C18H21ClN2O4/c19-11-3-1-2-4-12(11)20-7-9-21(10-8-20)17(22)15-13-5-6-14(25-13)16(15)18(23)24/h1-4,13-16H,5-10H2,(H,23,24)/t13-,14-,15-,16-/m1/s1. The van der Waals surface area contributed by atoms with Crippen LogP contribution in [0.2, 0.25) is 5.02 Å². The molecule has 3 aliphatic rings. The van der Waals surface area contributed by atoms with Crippen LogP contribution in [0.4, 0.5) is 5.69 Å². The van der Waals surface area contributed by atoms with Crippen molar-refractivity contribution in [2.24, 2.45) is 11.8 Å². The predicted octanol–water partition coefficient (Wildman–Crippen LogP) is 1.87. The maximum atomic E-state index is 13.0. The lowest BCUT2D eigenvalue weighted by molar-refractivity contribution is -0.151. The number of rotatable bonds is 3. The number of benzene rings is 1. The second-order valence-corrected chi connectivity index (χ2v) is 7.35. The second-order valence-electron chi connectivity index (χ2n) is 6.94. The van der Waals surface area contributed by atoms with Crippen LogP contribution in [-0.2, 0) is 14.3 Å². The molecule has 0 unspecified atom stereocenters. The van der Waals surface area contributed by atoms with Gasteiger partial charge in [0.1, 0.15) is 0 Å². The van der Waals surface area contributed by atoms with E-state index >= 15 is 0 Å². The molecule has 134 valence electrons. The number of hydrogen-bond donors (Lipinski definition) is 1. The number of carboxylic acid groups (broad SMARTS) is 1. The maximum absolute atomic E-state index is 13.0. The highest BCUT2D eigenvalue weighted by molar-refractivity contribution is 6.33. The number of carboxylic acids is 1. The van der Waals surface area contributed by atoms with Gasteiger partial charge in [-0.1, -0.05) is 23.7 Å². The highest BCUT2D eigenvalue weighted by atomic mass is 35.5. The van der Waals surface area contributed by atoms with Crippen LogP contribution in [0.5, 0.6) is 0 Å². The van der Waals surface area contributed by atoms with Crippen LogP contribution in [0.3, 0.4) is 0 Å². The predicted molar refractivity (Wildman–Crippen MR) is 92.8 cm³/mol. The van der Waals surface area contributed by atoms with Crippen molar-refractivity contribution in [1.82, 2.24) is 4.90 Å². The van der Waals surface area contributed by atoms with Crippen LogP contribution in [0.1, 0.15) is 12.8 Å². The number of para-hydroxylation sites is 1. The quantitative estimate of drug-likeness (QED) is 0.886. The van der Waals surface area contributed by atoms with E-state index < -0.39 is 17.8 Å². The van der Waals surface area contributed by atoms with Gasteiger partial charge in [-0.05, 0) is 25.0 Å². The van der Waals surface area contributed by atoms with Gasteiger partial charge < -0.3 is 19.6 Å². The zero-order chi connectivity index (χ0) is 17.6. The van der Waals surface area contributed by atoms with Gasteiger partial charge in [0.05, 0.1) is 34.8 Å². The molecular formula is C18H21ClN2O4. The number of hydrogen-bond acceptors (Lipinski definition) is 4. The summed E-state index contributed by atoms with van der Waals surface area (Å²) in [4.78, 5) is 28.5. The number of carbonyl (C=O) groups excluding carboxylic acids is 1. The Hall–Kier alpha value is -1.79. The van der Waals surface area contributed by atoms with E-state index in [1.54, 1.807) is 4.90 Å². The summed E-state index contributed by atoms with van der Waals surface area (Å²) in [6.45, 7) is 2.53. The summed E-state index contributed by atoms with van der Waals surface area (Å²) in [6, 6.07) is 7.68. The van der Waals surface area contributed by atoms with Crippen molar-refractivity contribution < 1.29 is 19.4 Å². The topological polar surface area (TPSA) is 70.1 Å². The number of anilines is 1. The molecule has 7 heteroatoms. The Morgan fingerprint density at radius 2 is 1.68 bits per heavy atom. The van der Waals surface area contributed by atoms with Crippen molar-refractivity contribution in [3.05, 3.63) is 29.3 Å². The van der Waals surface area contributed by atoms with Crippen molar-refractivity contribution in [2.45, 2.75) is 25.0 Å². The lowest BCUT2D eigenvalue weighted by Crippen LogP contribution is -2.53. The van der Waals surface area contributed by atoms with Crippen LogP contribution >= 0.6 is 11.6 Å². The van der Waals surface area contributed by atoms with Crippen molar-refractivity contribution in [2.75, 3.05) is 31.1 Å².